The molecule has 1 aromatic carbocycles. The third kappa shape index (κ3) is 2.97. The Morgan fingerprint density at radius 2 is 1.96 bits per heavy atom. The summed E-state index contributed by atoms with van der Waals surface area (Å²) >= 11 is 1.57. The van der Waals surface area contributed by atoms with Gasteiger partial charge in [-0.3, -0.25) is 19.3 Å². The zero-order chi connectivity index (χ0) is 17.3. The number of nitrogens with zero attached hydrogens (tertiary/aromatic N) is 2. The van der Waals surface area contributed by atoms with E-state index in [1.54, 1.807) is 43.5 Å². The molecule has 24 heavy (non-hydrogen) atoms. The van der Waals surface area contributed by atoms with Crippen molar-refractivity contribution >= 4 is 29.1 Å². The van der Waals surface area contributed by atoms with Gasteiger partial charge < -0.3 is 4.90 Å². The third-order valence-electron chi connectivity index (χ3n) is 4.23. The van der Waals surface area contributed by atoms with Gasteiger partial charge in [0.25, 0.3) is 5.91 Å². The lowest BCUT2D eigenvalue weighted by Crippen LogP contribution is -2.48. The summed E-state index contributed by atoms with van der Waals surface area (Å²) in [5.74, 6) is -1.39. The van der Waals surface area contributed by atoms with Crippen LogP contribution in [-0.4, -0.2) is 41.1 Å². The average molecular weight is 342 g/mol. The molecule has 1 aliphatic heterocycles. The van der Waals surface area contributed by atoms with Gasteiger partial charge in [0.2, 0.25) is 11.8 Å². The van der Waals surface area contributed by atoms with Crippen molar-refractivity contribution in [3.05, 3.63) is 57.8 Å². The van der Waals surface area contributed by atoms with Crippen molar-refractivity contribution in [3.8, 4) is 0 Å². The van der Waals surface area contributed by atoms with Gasteiger partial charge in [0.15, 0.2) is 0 Å². The molecule has 2 aromatic rings. The Bertz CT molecular complexity index is 785. The predicted octanol–water partition coefficient (Wildman–Crippen LogP) is 2.49. The first kappa shape index (κ1) is 16.4. The van der Waals surface area contributed by atoms with Crippen LogP contribution in [0.3, 0.4) is 0 Å². The topological polar surface area (TPSA) is 57.7 Å². The van der Waals surface area contributed by atoms with Gasteiger partial charge in [-0.15, -0.1) is 11.3 Å². The molecule has 2 heterocycles. The number of benzene rings is 1. The van der Waals surface area contributed by atoms with Gasteiger partial charge in [0, 0.05) is 17.5 Å². The standard InChI is InChI=1S/C18H18N2O3S/c1-12-14-7-3-4-8-15(14)18(23)20(17(12)22)11-16(21)19(2)10-13-6-5-9-24-13/h3-9,12H,10-11H2,1-2H3. The number of imide groups is 1. The van der Waals surface area contributed by atoms with E-state index in [2.05, 4.69) is 0 Å². The average Bonchev–Trinajstić information content (AvgIpc) is 3.09. The van der Waals surface area contributed by atoms with Crippen LogP contribution in [0.5, 0.6) is 0 Å². The van der Waals surface area contributed by atoms with Crippen molar-refractivity contribution in [2.45, 2.75) is 19.4 Å². The quantitative estimate of drug-likeness (QED) is 0.802. The number of rotatable bonds is 4. The summed E-state index contributed by atoms with van der Waals surface area (Å²) in [6, 6.07) is 10.9. The summed E-state index contributed by atoms with van der Waals surface area (Å²) in [5.41, 5.74) is 1.22. The summed E-state index contributed by atoms with van der Waals surface area (Å²) < 4.78 is 0. The van der Waals surface area contributed by atoms with Crippen molar-refractivity contribution < 1.29 is 14.4 Å². The summed E-state index contributed by atoms with van der Waals surface area (Å²) in [6.07, 6.45) is 0. The molecular formula is C18H18N2O3S. The maximum absolute atomic E-state index is 12.6. The van der Waals surface area contributed by atoms with Crippen molar-refractivity contribution in [2.75, 3.05) is 13.6 Å². The molecule has 0 fully saturated rings. The van der Waals surface area contributed by atoms with Crippen molar-refractivity contribution in [3.63, 3.8) is 0 Å². The molecule has 0 aliphatic carbocycles. The van der Waals surface area contributed by atoms with Crippen LogP contribution < -0.4 is 0 Å². The van der Waals surface area contributed by atoms with Crippen LogP contribution in [0, 0.1) is 0 Å². The molecule has 0 N–H and O–H groups in total. The monoisotopic (exact) mass is 342 g/mol. The summed E-state index contributed by atoms with van der Waals surface area (Å²) in [5, 5.41) is 1.95. The number of likely N-dealkylation sites (N-methyl/N-ethyl adjacent to an activating group) is 1. The maximum atomic E-state index is 12.6. The minimum Gasteiger partial charge on any atom is -0.339 e. The van der Waals surface area contributed by atoms with E-state index in [1.807, 2.05) is 23.6 Å². The number of fused-ring (bicyclic) bond motifs is 1. The highest BCUT2D eigenvalue weighted by molar-refractivity contribution is 7.09. The van der Waals surface area contributed by atoms with Crippen LogP contribution in [-0.2, 0) is 16.1 Å². The van der Waals surface area contributed by atoms with E-state index in [4.69, 9.17) is 0 Å². The first-order chi connectivity index (χ1) is 11.5. The molecule has 6 heteroatoms. The first-order valence-electron chi connectivity index (χ1n) is 7.70. The SMILES string of the molecule is CC1C(=O)N(CC(=O)N(C)Cc2cccs2)C(=O)c2ccccc21. The number of carbonyl (C=O) groups excluding carboxylic acids is 3. The molecule has 3 rings (SSSR count). The van der Waals surface area contributed by atoms with Crippen LogP contribution in [0.4, 0.5) is 0 Å². The van der Waals surface area contributed by atoms with Gasteiger partial charge in [-0.05, 0) is 30.0 Å². The van der Waals surface area contributed by atoms with Crippen molar-refractivity contribution in [1.29, 1.82) is 0 Å². The smallest absolute Gasteiger partial charge is 0.261 e. The lowest BCUT2D eigenvalue weighted by atomic mass is 9.90. The van der Waals surface area contributed by atoms with E-state index >= 15 is 0 Å². The number of carbonyl (C=O) groups is 3. The lowest BCUT2D eigenvalue weighted by molar-refractivity contribution is -0.138. The second kappa shape index (κ2) is 6.57. The Morgan fingerprint density at radius 1 is 1.21 bits per heavy atom. The highest BCUT2D eigenvalue weighted by Crippen LogP contribution is 2.28. The molecule has 0 saturated carbocycles. The van der Waals surface area contributed by atoms with Crippen LogP contribution in [0.2, 0.25) is 0 Å². The highest BCUT2D eigenvalue weighted by Gasteiger charge is 2.37. The lowest BCUT2D eigenvalue weighted by Gasteiger charge is -2.31. The van der Waals surface area contributed by atoms with Crippen LogP contribution >= 0.6 is 11.3 Å². The van der Waals surface area contributed by atoms with Crippen LogP contribution in [0.1, 0.15) is 33.6 Å². The van der Waals surface area contributed by atoms with Crippen molar-refractivity contribution in [2.24, 2.45) is 0 Å². The Kier molecular flexibility index (Phi) is 4.49. The number of hydrogen-bond acceptors (Lipinski definition) is 4. The Hall–Kier alpha value is -2.47. The van der Waals surface area contributed by atoms with Gasteiger partial charge in [-0.1, -0.05) is 24.3 Å². The van der Waals surface area contributed by atoms with Crippen LogP contribution in [0.15, 0.2) is 41.8 Å². The van der Waals surface area contributed by atoms with Gasteiger partial charge in [-0.2, -0.15) is 0 Å². The molecule has 0 saturated heterocycles. The second-order valence-corrected chi connectivity index (χ2v) is 6.90. The Labute approximate surface area is 144 Å². The van der Waals surface area contributed by atoms with Crippen molar-refractivity contribution in [1.82, 2.24) is 9.80 Å². The molecule has 0 spiro atoms. The fraction of sp³-hybridized carbons (Fsp3) is 0.278. The van der Waals surface area contributed by atoms with E-state index in [-0.39, 0.29) is 18.4 Å². The molecule has 1 aromatic heterocycles. The third-order valence-corrected chi connectivity index (χ3v) is 5.09. The first-order valence-corrected chi connectivity index (χ1v) is 8.58. The second-order valence-electron chi connectivity index (χ2n) is 5.87. The number of hydrogen-bond donors (Lipinski definition) is 0. The fourth-order valence-corrected chi connectivity index (χ4v) is 3.57. The fourth-order valence-electron chi connectivity index (χ4n) is 2.81. The predicted molar refractivity (Wildman–Crippen MR) is 91.7 cm³/mol. The van der Waals surface area contributed by atoms with Crippen LogP contribution in [0.25, 0.3) is 0 Å². The zero-order valence-electron chi connectivity index (χ0n) is 13.6. The summed E-state index contributed by atoms with van der Waals surface area (Å²) in [6.45, 7) is 2.01. The van der Waals surface area contributed by atoms with E-state index in [0.717, 1.165) is 15.3 Å². The van der Waals surface area contributed by atoms with Gasteiger partial charge in [0.1, 0.15) is 6.54 Å². The molecule has 1 atom stereocenters. The van der Waals surface area contributed by atoms with Gasteiger partial charge in [0.05, 0.1) is 12.5 Å². The molecule has 5 nitrogen and oxygen atoms in total. The molecule has 1 aliphatic rings. The number of thiophene rings is 1. The highest BCUT2D eigenvalue weighted by atomic mass is 32.1. The molecule has 124 valence electrons. The minimum atomic E-state index is -0.422. The summed E-state index contributed by atoms with van der Waals surface area (Å²) in [7, 11) is 1.68. The normalized spacial score (nSPS) is 16.9. The zero-order valence-corrected chi connectivity index (χ0v) is 14.4. The van der Waals surface area contributed by atoms with E-state index in [1.165, 1.54) is 4.90 Å². The number of amides is 3. The largest absolute Gasteiger partial charge is 0.339 e. The maximum Gasteiger partial charge on any atom is 0.261 e. The van der Waals surface area contributed by atoms with E-state index < -0.39 is 11.8 Å². The molecule has 3 amide bonds. The molecule has 0 bridgehead atoms. The molecule has 0 radical (unpaired) electrons. The molecule has 1 unspecified atom stereocenters. The Morgan fingerprint density at radius 3 is 2.67 bits per heavy atom. The Balaban J connectivity index is 1.76. The van der Waals surface area contributed by atoms with Gasteiger partial charge >= 0.3 is 0 Å². The molecular weight excluding hydrogens is 324 g/mol. The van der Waals surface area contributed by atoms with Gasteiger partial charge in [-0.25, -0.2) is 0 Å². The van der Waals surface area contributed by atoms with E-state index in [0.29, 0.717) is 12.1 Å². The summed E-state index contributed by atoms with van der Waals surface area (Å²) in [4.78, 5) is 41.2. The minimum absolute atomic E-state index is 0.224. The van der Waals surface area contributed by atoms with E-state index in [9.17, 15) is 14.4 Å².